The molecule has 1 amide bonds. The quantitative estimate of drug-likeness (QED) is 0.437. The Balaban J connectivity index is 1.73. The Bertz CT molecular complexity index is 1080. The van der Waals surface area contributed by atoms with Crippen molar-refractivity contribution in [3.05, 3.63) is 64.1 Å². The lowest BCUT2D eigenvalue weighted by Crippen LogP contribution is -2.29. The maximum atomic E-state index is 12.9. The average molecular weight is 425 g/mol. The van der Waals surface area contributed by atoms with E-state index in [9.17, 15) is 9.59 Å². The van der Waals surface area contributed by atoms with Crippen LogP contribution in [0.25, 0.3) is 11.0 Å². The fourth-order valence-corrected chi connectivity index (χ4v) is 4.02. The van der Waals surface area contributed by atoms with E-state index in [1.54, 1.807) is 22.9 Å². The van der Waals surface area contributed by atoms with Gasteiger partial charge in [0.1, 0.15) is 0 Å². The predicted octanol–water partition coefficient (Wildman–Crippen LogP) is 3.98. The van der Waals surface area contributed by atoms with Gasteiger partial charge in [0, 0.05) is 12.7 Å². The zero-order chi connectivity index (χ0) is 21.7. The maximum absolute atomic E-state index is 12.9. The molecule has 2 aromatic heterocycles. The first kappa shape index (κ1) is 22.0. The maximum Gasteiger partial charge on any atom is 0.263 e. The lowest BCUT2D eigenvalue weighted by atomic mass is 10.1. The predicted molar refractivity (Wildman–Crippen MR) is 122 cm³/mol. The van der Waals surface area contributed by atoms with Gasteiger partial charge in [-0.05, 0) is 42.5 Å². The molecule has 1 N–H and O–H groups in total. The summed E-state index contributed by atoms with van der Waals surface area (Å²) in [6, 6.07) is 11.7. The summed E-state index contributed by atoms with van der Waals surface area (Å²) < 4.78 is 1.65. The number of hydrogen-bond acceptors (Lipinski definition) is 5. The van der Waals surface area contributed by atoms with Crippen molar-refractivity contribution < 1.29 is 4.79 Å². The van der Waals surface area contributed by atoms with Crippen molar-refractivity contribution in [1.29, 1.82) is 0 Å². The second-order valence-electron chi connectivity index (χ2n) is 7.75. The number of benzene rings is 1. The van der Waals surface area contributed by atoms with E-state index in [0.717, 1.165) is 12.0 Å². The lowest BCUT2D eigenvalue weighted by Gasteiger charge is -2.16. The van der Waals surface area contributed by atoms with Gasteiger partial charge < -0.3 is 5.32 Å². The van der Waals surface area contributed by atoms with Gasteiger partial charge in [-0.1, -0.05) is 56.8 Å². The number of fused-ring (bicyclic) bond motifs is 1. The molecule has 0 saturated heterocycles. The first-order valence-corrected chi connectivity index (χ1v) is 11.2. The summed E-state index contributed by atoms with van der Waals surface area (Å²) in [5, 5.41) is 4.04. The van der Waals surface area contributed by atoms with Gasteiger partial charge in [0.05, 0.1) is 17.2 Å². The molecule has 0 spiro atoms. The molecule has 158 valence electrons. The van der Waals surface area contributed by atoms with Crippen molar-refractivity contribution in [3.63, 3.8) is 0 Å². The summed E-state index contributed by atoms with van der Waals surface area (Å²) in [6.07, 6.45) is 2.61. The Morgan fingerprint density at radius 2 is 1.90 bits per heavy atom. The Kier molecular flexibility index (Phi) is 7.26. The number of carbonyl (C=O) groups excluding carboxylic acids is 1. The summed E-state index contributed by atoms with van der Waals surface area (Å²) in [6.45, 7) is 8.73. The summed E-state index contributed by atoms with van der Waals surface area (Å²) >= 11 is 1.27. The van der Waals surface area contributed by atoms with Crippen LogP contribution in [0.2, 0.25) is 0 Å². The zero-order valence-corrected chi connectivity index (χ0v) is 18.7. The third kappa shape index (κ3) is 5.27. The van der Waals surface area contributed by atoms with Crippen molar-refractivity contribution in [1.82, 2.24) is 19.9 Å². The lowest BCUT2D eigenvalue weighted by molar-refractivity contribution is -0.119. The Labute approximate surface area is 181 Å². The minimum absolute atomic E-state index is 0.0897. The van der Waals surface area contributed by atoms with Crippen LogP contribution in [-0.2, 0) is 17.8 Å². The summed E-state index contributed by atoms with van der Waals surface area (Å²) in [7, 11) is 0. The number of nitrogens with zero attached hydrogens (tertiary/aromatic N) is 3. The van der Waals surface area contributed by atoms with Crippen LogP contribution in [0.3, 0.4) is 0 Å². The van der Waals surface area contributed by atoms with Crippen LogP contribution in [0, 0.1) is 5.92 Å². The number of rotatable bonds is 8. The van der Waals surface area contributed by atoms with Crippen LogP contribution in [0.4, 0.5) is 0 Å². The monoisotopic (exact) mass is 424 g/mol. The molecule has 3 aromatic rings. The number of pyridine rings is 1. The van der Waals surface area contributed by atoms with E-state index >= 15 is 0 Å². The number of aryl methyl sites for hydroxylation is 1. The second-order valence-corrected chi connectivity index (χ2v) is 8.69. The number of thioether (sulfide) groups is 1. The minimum Gasteiger partial charge on any atom is -0.349 e. The van der Waals surface area contributed by atoms with Crippen molar-refractivity contribution in [2.24, 2.45) is 5.92 Å². The van der Waals surface area contributed by atoms with Crippen LogP contribution in [0.5, 0.6) is 0 Å². The standard InChI is InChI=1S/C23H28N4O2S/c1-5-17-8-10-18(11-9-17)16(4)25-20(28)14-30-23-26-21-19(7-6-12-24-21)22(29)27(23)13-15(2)3/h6-12,15-16H,5,13-14H2,1-4H3,(H,25,28). The molecular weight excluding hydrogens is 396 g/mol. The third-order valence-corrected chi connectivity index (χ3v) is 5.82. The van der Waals surface area contributed by atoms with E-state index in [1.807, 2.05) is 32.9 Å². The summed E-state index contributed by atoms with van der Waals surface area (Å²) in [4.78, 5) is 34.2. The molecule has 7 heteroatoms. The van der Waals surface area contributed by atoms with Crippen LogP contribution in [-0.4, -0.2) is 26.2 Å². The fraction of sp³-hybridized carbons (Fsp3) is 0.391. The Morgan fingerprint density at radius 3 is 2.57 bits per heavy atom. The van der Waals surface area contributed by atoms with Gasteiger partial charge in [0.2, 0.25) is 5.91 Å². The molecule has 0 aliphatic carbocycles. The van der Waals surface area contributed by atoms with Crippen LogP contribution in [0.15, 0.2) is 52.5 Å². The van der Waals surface area contributed by atoms with Crippen LogP contribution in [0.1, 0.15) is 44.9 Å². The summed E-state index contributed by atoms with van der Waals surface area (Å²) in [5.74, 6) is 0.358. The number of aromatic nitrogens is 3. The minimum atomic E-state index is -0.117. The van der Waals surface area contributed by atoms with E-state index in [4.69, 9.17) is 0 Å². The molecule has 0 saturated carbocycles. The molecule has 1 unspecified atom stereocenters. The van der Waals surface area contributed by atoms with Gasteiger partial charge >= 0.3 is 0 Å². The molecule has 6 nitrogen and oxygen atoms in total. The first-order chi connectivity index (χ1) is 14.4. The summed E-state index contributed by atoms with van der Waals surface area (Å²) in [5.41, 5.74) is 2.63. The molecule has 30 heavy (non-hydrogen) atoms. The highest BCUT2D eigenvalue weighted by molar-refractivity contribution is 7.99. The topological polar surface area (TPSA) is 76.9 Å². The number of amides is 1. The molecule has 0 aliphatic heterocycles. The number of hydrogen-bond donors (Lipinski definition) is 1. The van der Waals surface area contributed by atoms with Crippen molar-refractivity contribution in [2.45, 2.75) is 51.9 Å². The van der Waals surface area contributed by atoms with E-state index in [0.29, 0.717) is 22.7 Å². The van der Waals surface area contributed by atoms with Crippen molar-refractivity contribution >= 4 is 28.7 Å². The van der Waals surface area contributed by atoms with Gasteiger partial charge in [-0.2, -0.15) is 0 Å². The van der Waals surface area contributed by atoms with Gasteiger partial charge in [-0.3, -0.25) is 14.2 Å². The van der Waals surface area contributed by atoms with Gasteiger partial charge in [0.15, 0.2) is 10.8 Å². The Hall–Kier alpha value is -2.67. The highest BCUT2D eigenvalue weighted by Gasteiger charge is 2.16. The van der Waals surface area contributed by atoms with Gasteiger partial charge in [-0.15, -0.1) is 0 Å². The Morgan fingerprint density at radius 1 is 1.17 bits per heavy atom. The molecule has 1 aromatic carbocycles. The largest absolute Gasteiger partial charge is 0.349 e. The molecule has 0 radical (unpaired) electrons. The van der Waals surface area contributed by atoms with E-state index in [2.05, 4.69) is 34.3 Å². The molecular formula is C23H28N4O2S. The van der Waals surface area contributed by atoms with Crippen molar-refractivity contribution in [2.75, 3.05) is 5.75 Å². The molecule has 0 fully saturated rings. The number of nitrogens with one attached hydrogen (secondary N) is 1. The molecule has 0 bridgehead atoms. The molecule has 0 aliphatic rings. The SMILES string of the molecule is CCc1ccc(C(C)NC(=O)CSc2nc3ncccc3c(=O)n2CC(C)C)cc1. The number of carbonyl (C=O) groups is 1. The fourth-order valence-electron chi connectivity index (χ4n) is 3.21. The average Bonchev–Trinajstić information content (AvgIpc) is 2.74. The smallest absolute Gasteiger partial charge is 0.263 e. The highest BCUT2D eigenvalue weighted by Crippen LogP contribution is 2.19. The van der Waals surface area contributed by atoms with Crippen LogP contribution >= 0.6 is 11.8 Å². The molecule has 2 heterocycles. The zero-order valence-electron chi connectivity index (χ0n) is 17.9. The second kappa shape index (κ2) is 9.89. The van der Waals surface area contributed by atoms with Gasteiger partial charge in [-0.25, -0.2) is 9.97 Å². The molecule has 1 atom stereocenters. The third-order valence-electron chi connectivity index (χ3n) is 4.84. The van der Waals surface area contributed by atoms with E-state index in [1.165, 1.54) is 17.3 Å². The molecule has 3 rings (SSSR count). The highest BCUT2D eigenvalue weighted by atomic mass is 32.2. The van der Waals surface area contributed by atoms with E-state index in [-0.39, 0.29) is 29.2 Å². The van der Waals surface area contributed by atoms with Gasteiger partial charge in [0.25, 0.3) is 5.56 Å². The van der Waals surface area contributed by atoms with Crippen molar-refractivity contribution in [3.8, 4) is 0 Å². The normalized spacial score (nSPS) is 12.3. The first-order valence-electron chi connectivity index (χ1n) is 10.3. The van der Waals surface area contributed by atoms with E-state index < -0.39 is 0 Å². The van der Waals surface area contributed by atoms with Crippen LogP contribution < -0.4 is 10.9 Å².